The van der Waals surface area contributed by atoms with Gasteiger partial charge in [-0.05, 0) is 13.3 Å². The van der Waals surface area contributed by atoms with Gasteiger partial charge in [-0.25, -0.2) is 4.98 Å². The molecule has 2 rings (SSSR count). The van der Waals surface area contributed by atoms with Crippen molar-refractivity contribution in [3.05, 3.63) is 18.7 Å². The molecule has 6 nitrogen and oxygen atoms in total. The number of nitrogens with zero attached hydrogens (tertiary/aromatic N) is 2. The number of hydrogen-bond acceptors (Lipinski definition) is 3. The molecule has 2 N–H and O–H groups in total. The molecule has 2 heterocycles. The van der Waals surface area contributed by atoms with Gasteiger partial charge < -0.3 is 15.2 Å². The van der Waals surface area contributed by atoms with Crippen LogP contribution in [-0.4, -0.2) is 34.0 Å². The van der Waals surface area contributed by atoms with Crippen LogP contribution in [-0.2, 0) is 16.1 Å². The summed E-state index contributed by atoms with van der Waals surface area (Å²) < 4.78 is 1.92. The summed E-state index contributed by atoms with van der Waals surface area (Å²) in [4.78, 5) is 26.9. The number of nitrogens with one attached hydrogen (secondary N) is 2. The lowest BCUT2D eigenvalue weighted by molar-refractivity contribution is -0.129. The number of piperidine rings is 1. The molecule has 1 aliphatic rings. The molecule has 0 spiro atoms. The normalized spacial score (nSPS) is 21.2. The van der Waals surface area contributed by atoms with Crippen LogP contribution in [0.4, 0.5) is 0 Å². The quantitative estimate of drug-likeness (QED) is 0.784. The summed E-state index contributed by atoms with van der Waals surface area (Å²) in [5.74, 6) is -0.0546. The van der Waals surface area contributed by atoms with E-state index in [1.54, 1.807) is 12.5 Å². The first-order chi connectivity index (χ1) is 8.65. The Morgan fingerprint density at radius 2 is 2.56 bits per heavy atom. The van der Waals surface area contributed by atoms with E-state index in [-0.39, 0.29) is 23.8 Å². The maximum Gasteiger partial charge on any atom is 0.225 e. The molecule has 98 valence electrons. The minimum atomic E-state index is -0.104. The van der Waals surface area contributed by atoms with Crippen LogP contribution >= 0.6 is 0 Å². The lowest BCUT2D eigenvalue weighted by atomic mass is 9.98. The SMILES string of the molecule is CC(Cn1ccnc1)NC(=O)C1CCC(=O)NC1. The maximum absolute atomic E-state index is 12.0. The van der Waals surface area contributed by atoms with Crippen LogP contribution in [0.3, 0.4) is 0 Å². The van der Waals surface area contributed by atoms with Crippen molar-refractivity contribution in [2.75, 3.05) is 6.54 Å². The summed E-state index contributed by atoms with van der Waals surface area (Å²) in [6, 6.07) is 0.0457. The summed E-state index contributed by atoms with van der Waals surface area (Å²) in [6.45, 7) is 3.10. The third kappa shape index (κ3) is 3.32. The number of amides is 2. The first-order valence-corrected chi connectivity index (χ1v) is 6.18. The highest BCUT2D eigenvalue weighted by molar-refractivity contribution is 5.83. The van der Waals surface area contributed by atoms with Crippen molar-refractivity contribution in [2.45, 2.75) is 32.4 Å². The average Bonchev–Trinajstić information content (AvgIpc) is 2.82. The number of imidazole rings is 1. The third-order valence-corrected chi connectivity index (χ3v) is 3.07. The van der Waals surface area contributed by atoms with Gasteiger partial charge in [0, 0.05) is 37.9 Å². The van der Waals surface area contributed by atoms with Gasteiger partial charge in [0.15, 0.2) is 0 Å². The van der Waals surface area contributed by atoms with E-state index in [0.717, 1.165) is 0 Å². The zero-order chi connectivity index (χ0) is 13.0. The van der Waals surface area contributed by atoms with Crippen LogP contribution in [0.15, 0.2) is 18.7 Å². The van der Waals surface area contributed by atoms with Gasteiger partial charge >= 0.3 is 0 Å². The zero-order valence-electron chi connectivity index (χ0n) is 10.4. The molecular weight excluding hydrogens is 232 g/mol. The van der Waals surface area contributed by atoms with E-state index in [1.165, 1.54) is 0 Å². The van der Waals surface area contributed by atoms with Gasteiger partial charge in [0.25, 0.3) is 0 Å². The summed E-state index contributed by atoms with van der Waals surface area (Å²) in [6.07, 6.45) is 6.38. The fraction of sp³-hybridized carbons (Fsp3) is 0.583. The molecule has 18 heavy (non-hydrogen) atoms. The Bertz CT molecular complexity index is 406. The first kappa shape index (κ1) is 12.6. The Kier molecular flexibility index (Phi) is 3.96. The molecule has 0 aromatic carbocycles. The number of rotatable bonds is 4. The van der Waals surface area contributed by atoms with Crippen LogP contribution in [0.1, 0.15) is 19.8 Å². The van der Waals surface area contributed by atoms with E-state index in [4.69, 9.17) is 0 Å². The van der Waals surface area contributed by atoms with Gasteiger partial charge in [-0.2, -0.15) is 0 Å². The lowest BCUT2D eigenvalue weighted by Gasteiger charge is -2.23. The van der Waals surface area contributed by atoms with Crippen molar-refractivity contribution in [1.82, 2.24) is 20.2 Å². The smallest absolute Gasteiger partial charge is 0.225 e. The molecule has 1 saturated heterocycles. The molecule has 2 amide bonds. The first-order valence-electron chi connectivity index (χ1n) is 6.18. The Labute approximate surface area is 106 Å². The van der Waals surface area contributed by atoms with E-state index in [2.05, 4.69) is 15.6 Å². The molecule has 2 atom stereocenters. The number of carbonyl (C=O) groups is 2. The van der Waals surface area contributed by atoms with Gasteiger partial charge in [-0.1, -0.05) is 0 Å². The van der Waals surface area contributed by atoms with E-state index < -0.39 is 0 Å². The maximum atomic E-state index is 12.0. The van der Waals surface area contributed by atoms with Crippen LogP contribution < -0.4 is 10.6 Å². The highest BCUT2D eigenvalue weighted by Gasteiger charge is 2.25. The predicted octanol–water partition coefficient (Wildman–Crippen LogP) is -0.0860. The summed E-state index contributed by atoms with van der Waals surface area (Å²) in [7, 11) is 0. The zero-order valence-corrected chi connectivity index (χ0v) is 10.4. The average molecular weight is 250 g/mol. The summed E-state index contributed by atoms with van der Waals surface area (Å²) >= 11 is 0. The van der Waals surface area contributed by atoms with Gasteiger partial charge in [0.1, 0.15) is 0 Å². The monoisotopic (exact) mass is 250 g/mol. The van der Waals surface area contributed by atoms with Crippen molar-refractivity contribution in [3.63, 3.8) is 0 Å². The van der Waals surface area contributed by atoms with Crippen molar-refractivity contribution >= 4 is 11.8 Å². The Hall–Kier alpha value is -1.85. The standard InChI is InChI=1S/C12H18N4O2/c1-9(7-16-5-4-13-8-16)15-12(18)10-2-3-11(17)14-6-10/h4-5,8-10H,2-3,6-7H2,1H3,(H,14,17)(H,15,18). The fourth-order valence-electron chi connectivity index (χ4n) is 2.07. The van der Waals surface area contributed by atoms with Crippen molar-refractivity contribution in [2.24, 2.45) is 5.92 Å². The Morgan fingerprint density at radius 3 is 3.17 bits per heavy atom. The molecular formula is C12H18N4O2. The van der Waals surface area contributed by atoms with Gasteiger partial charge in [0.05, 0.1) is 12.2 Å². The highest BCUT2D eigenvalue weighted by Crippen LogP contribution is 2.11. The summed E-state index contributed by atoms with van der Waals surface area (Å²) in [5.41, 5.74) is 0. The second-order valence-corrected chi connectivity index (χ2v) is 4.71. The Balaban J connectivity index is 1.78. The molecule has 0 radical (unpaired) electrons. The molecule has 1 aliphatic heterocycles. The Morgan fingerprint density at radius 1 is 1.72 bits per heavy atom. The van der Waals surface area contributed by atoms with Crippen molar-refractivity contribution < 1.29 is 9.59 Å². The topological polar surface area (TPSA) is 76.0 Å². The molecule has 6 heteroatoms. The number of carbonyl (C=O) groups excluding carboxylic acids is 2. The van der Waals surface area contributed by atoms with Crippen molar-refractivity contribution in [3.8, 4) is 0 Å². The van der Waals surface area contributed by atoms with Crippen LogP contribution in [0.5, 0.6) is 0 Å². The number of aromatic nitrogens is 2. The molecule has 1 aromatic heterocycles. The second kappa shape index (κ2) is 5.66. The van der Waals surface area contributed by atoms with Gasteiger partial charge in [-0.15, -0.1) is 0 Å². The summed E-state index contributed by atoms with van der Waals surface area (Å²) in [5, 5.41) is 5.68. The van der Waals surface area contributed by atoms with Gasteiger partial charge in [0.2, 0.25) is 11.8 Å². The van der Waals surface area contributed by atoms with Crippen molar-refractivity contribution in [1.29, 1.82) is 0 Å². The minimum Gasteiger partial charge on any atom is -0.355 e. The molecule has 1 aromatic rings. The molecule has 0 saturated carbocycles. The molecule has 1 fully saturated rings. The molecule has 0 aliphatic carbocycles. The van der Waals surface area contributed by atoms with E-state index in [0.29, 0.717) is 25.9 Å². The van der Waals surface area contributed by atoms with Crippen LogP contribution in [0.2, 0.25) is 0 Å². The largest absolute Gasteiger partial charge is 0.355 e. The molecule has 0 bridgehead atoms. The van der Waals surface area contributed by atoms with Crippen LogP contribution in [0, 0.1) is 5.92 Å². The molecule has 2 unspecified atom stereocenters. The second-order valence-electron chi connectivity index (χ2n) is 4.71. The number of hydrogen-bond donors (Lipinski definition) is 2. The predicted molar refractivity (Wildman–Crippen MR) is 65.6 cm³/mol. The highest BCUT2D eigenvalue weighted by atomic mass is 16.2. The van der Waals surface area contributed by atoms with Gasteiger partial charge in [-0.3, -0.25) is 9.59 Å². The fourth-order valence-corrected chi connectivity index (χ4v) is 2.07. The van der Waals surface area contributed by atoms with Crippen LogP contribution in [0.25, 0.3) is 0 Å². The minimum absolute atomic E-state index is 0.0163. The third-order valence-electron chi connectivity index (χ3n) is 3.07. The lowest BCUT2D eigenvalue weighted by Crippen LogP contribution is -2.46. The van der Waals surface area contributed by atoms with E-state index >= 15 is 0 Å². The van der Waals surface area contributed by atoms with E-state index in [1.807, 2.05) is 17.7 Å². The van der Waals surface area contributed by atoms with E-state index in [9.17, 15) is 9.59 Å².